The van der Waals surface area contributed by atoms with Gasteiger partial charge in [-0.25, -0.2) is 29.3 Å². The minimum Gasteiger partial charge on any atom is -0.233 e. The zero-order chi connectivity index (χ0) is 25.4. The number of rotatable bonds is 12. The molecule has 1 aromatic carbocycles. The van der Waals surface area contributed by atoms with Crippen LogP contribution in [0.15, 0.2) is 18.2 Å². The molecule has 33 heavy (non-hydrogen) atoms. The van der Waals surface area contributed by atoms with E-state index in [9.17, 15) is 0 Å². The summed E-state index contributed by atoms with van der Waals surface area (Å²) in [5.41, 5.74) is 2.50. The van der Waals surface area contributed by atoms with E-state index < -0.39 is 0 Å². The molecule has 0 aliphatic rings. The van der Waals surface area contributed by atoms with E-state index in [0.29, 0.717) is 0 Å². The molecule has 0 heterocycles. The van der Waals surface area contributed by atoms with Crippen LogP contribution in [0.25, 0.3) is 0 Å². The maximum Gasteiger partial charge on any atom is 0.0952 e. The number of hydrogen-bond acceptors (Lipinski definition) is 6. The predicted molar refractivity (Wildman–Crippen MR) is 132 cm³/mol. The highest BCUT2D eigenvalue weighted by atomic mass is 17.2. The second-order valence-corrected chi connectivity index (χ2v) is 12.1. The highest BCUT2D eigenvalue weighted by molar-refractivity contribution is 5.31. The fourth-order valence-corrected chi connectivity index (χ4v) is 2.97. The van der Waals surface area contributed by atoms with Crippen LogP contribution in [0.2, 0.25) is 0 Å². The van der Waals surface area contributed by atoms with E-state index in [1.165, 1.54) is 16.7 Å². The Morgan fingerprint density at radius 3 is 0.879 bits per heavy atom. The van der Waals surface area contributed by atoms with Gasteiger partial charge in [-0.2, -0.15) is 0 Å². The molecular weight excluding hydrogens is 420 g/mol. The summed E-state index contributed by atoms with van der Waals surface area (Å²) < 4.78 is 0. The summed E-state index contributed by atoms with van der Waals surface area (Å²) in [5.74, 6) is 0. The topological polar surface area (TPSA) is 55.4 Å². The Bertz CT molecular complexity index is 588. The summed E-state index contributed by atoms with van der Waals surface area (Å²) in [6, 6.07) is 6.61. The fourth-order valence-electron chi connectivity index (χ4n) is 2.97. The highest BCUT2D eigenvalue weighted by Crippen LogP contribution is 2.20. The number of benzene rings is 1. The van der Waals surface area contributed by atoms with Gasteiger partial charge in [0, 0.05) is 19.3 Å². The lowest BCUT2D eigenvalue weighted by Gasteiger charge is -2.23. The average Bonchev–Trinajstić information content (AvgIpc) is 2.61. The van der Waals surface area contributed by atoms with Crippen LogP contribution in [0.3, 0.4) is 0 Å². The molecule has 3 atom stereocenters. The van der Waals surface area contributed by atoms with Crippen LogP contribution in [-0.2, 0) is 48.6 Å². The molecular formula is C27H48O6. The first-order chi connectivity index (χ1) is 14.9. The Balaban J connectivity index is 2.94. The molecule has 0 unspecified atom stereocenters. The SMILES string of the molecule is C[C@H](Cc1cc(C[C@@H](C)OOC(C)(C)C)cc(C[C@@H](C)OOC(C)(C)C)c1)OOC(C)(C)C. The van der Waals surface area contributed by atoms with E-state index in [0.717, 1.165) is 19.3 Å². The molecule has 192 valence electrons. The lowest BCUT2D eigenvalue weighted by atomic mass is 9.96. The Morgan fingerprint density at radius 2 is 0.697 bits per heavy atom. The van der Waals surface area contributed by atoms with Crippen molar-refractivity contribution >= 4 is 0 Å². The van der Waals surface area contributed by atoms with E-state index in [2.05, 4.69) is 18.2 Å². The van der Waals surface area contributed by atoms with Gasteiger partial charge in [-0.1, -0.05) is 18.2 Å². The summed E-state index contributed by atoms with van der Waals surface area (Å²) in [4.78, 5) is 33.4. The molecule has 1 aromatic rings. The molecule has 0 aromatic heterocycles. The summed E-state index contributed by atoms with van der Waals surface area (Å²) in [5, 5.41) is 0. The van der Waals surface area contributed by atoms with Crippen molar-refractivity contribution in [1.82, 2.24) is 0 Å². The van der Waals surface area contributed by atoms with Crippen LogP contribution >= 0.6 is 0 Å². The van der Waals surface area contributed by atoms with E-state index in [1.807, 2.05) is 83.1 Å². The Labute approximate surface area is 202 Å². The smallest absolute Gasteiger partial charge is 0.0952 e. The standard InChI is InChI=1S/C27H48O6/c1-19(28-31-25(4,5)6)13-22-16-23(14-20(2)29-32-26(7,8)9)18-24(17-22)15-21(3)30-33-27(10,11)12/h16-21H,13-15H2,1-12H3/t19-,20-,21-/m1/s1. The molecule has 0 amide bonds. The Kier molecular flexibility index (Phi) is 11.5. The van der Waals surface area contributed by atoms with Crippen molar-refractivity contribution in [2.24, 2.45) is 0 Å². The fraction of sp³-hybridized carbons (Fsp3) is 0.778. The van der Waals surface area contributed by atoms with Gasteiger partial charge in [-0.15, -0.1) is 0 Å². The first-order valence-electron chi connectivity index (χ1n) is 12.1. The minimum absolute atomic E-state index is 0.0804. The molecule has 6 nitrogen and oxygen atoms in total. The normalized spacial score (nSPS) is 16.0. The first-order valence-corrected chi connectivity index (χ1v) is 12.1. The van der Waals surface area contributed by atoms with Crippen molar-refractivity contribution < 1.29 is 29.3 Å². The van der Waals surface area contributed by atoms with E-state index in [-0.39, 0.29) is 35.1 Å². The van der Waals surface area contributed by atoms with Crippen molar-refractivity contribution in [2.75, 3.05) is 0 Å². The maximum atomic E-state index is 5.61. The van der Waals surface area contributed by atoms with Crippen molar-refractivity contribution in [3.8, 4) is 0 Å². The minimum atomic E-state index is -0.346. The van der Waals surface area contributed by atoms with Crippen molar-refractivity contribution in [2.45, 2.75) is 137 Å². The van der Waals surface area contributed by atoms with Crippen molar-refractivity contribution in [3.05, 3.63) is 34.9 Å². The van der Waals surface area contributed by atoms with Gasteiger partial charge in [-0.3, -0.25) is 0 Å². The van der Waals surface area contributed by atoms with Crippen LogP contribution < -0.4 is 0 Å². The summed E-state index contributed by atoms with van der Waals surface area (Å²) >= 11 is 0. The Hall–Kier alpha value is -1.02. The monoisotopic (exact) mass is 468 g/mol. The molecule has 0 radical (unpaired) electrons. The molecule has 0 spiro atoms. The molecule has 0 fully saturated rings. The molecule has 0 saturated heterocycles. The predicted octanol–water partition coefficient (Wildman–Crippen LogP) is 6.72. The van der Waals surface area contributed by atoms with E-state index >= 15 is 0 Å². The zero-order valence-corrected chi connectivity index (χ0v) is 23.0. The maximum absolute atomic E-state index is 5.61. The van der Waals surface area contributed by atoms with Crippen LogP contribution in [0.4, 0.5) is 0 Å². The summed E-state index contributed by atoms with van der Waals surface area (Å²) in [6.45, 7) is 23.8. The molecule has 0 saturated carbocycles. The quantitative estimate of drug-likeness (QED) is 0.251. The van der Waals surface area contributed by atoms with Gasteiger partial charge in [0.1, 0.15) is 0 Å². The van der Waals surface area contributed by atoms with Crippen molar-refractivity contribution in [3.63, 3.8) is 0 Å². The third-order valence-electron chi connectivity index (χ3n) is 4.07. The molecule has 0 bridgehead atoms. The van der Waals surface area contributed by atoms with Gasteiger partial charge < -0.3 is 0 Å². The lowest BCUT2D eigenvalue weighted by molar-refractivity contribution is -0.370. The molecule has 6 heteroatoms. The zero-order valence-electron chi connectivity index (χ0n) is 23.0. The number of hydrogen-bond donors (Lipinski definition) is 0. The molecule has 0 aliphatic heterocycles. The molecule has 1 rings (SSSR count). The molecule has 0 N–H and O–H groups in total. The third kappa shape index (κ3) is 15.5. The largest absolute Gasteiger partial charge is 0.233 e. The van der Waals surface area contributed by atoms with E-state index in [1.54, 1.807) is 0 Å². The van der Waals surface area contributed by atoms with E-state index in [4.69, 9.17) is 29.3 Å². The summed E-state index contributed by atoms with van der Waals surface area (Å²) in [7, 11) is 0. The third-order valence-corrected chi connectivity index (χ3v) is 4.07. The van der Waals surface area contributed by atoms with Crippen LogP contribution in [0.1, 0.15) is 99.8 Å². The second-order valence-electron chi connectivity index (χ2n) is 12.1. The highest BCUT2D eigenvalue weighted by Gasteiger charge is 2.19. The molecule has 0 aliphatic carbocycles. The first kappa shape index (κ1) is 30.0. The van der Waals surface area contributed by atoms with Crippen LogP contribution in [0.5, 0.6) is 0 Å². The van der Waals surface area contributed by atoms with Crippen molar-refractivity contribution in [1.29, 1.82) is 0 Å². The lowest BCUT2D eigenvalue weighted by Crippen LogP contribution is -2.25. The second kappa shape index (κ2) is 12.6. The van der Waals surface area contributed by atoms with Gasteiger partial charge >= 0.3 is 0 Å². The van der Waals surface area contributed by atoms with Gasteiger partial charge in [-0.05, 0) is 99.8 Å². The van der Waals surface area contributed by atoms with Gasteiger partial charge in [0.15, 0.2) is 0 Å². The van der Waals surface area contributed by atoms with Crippen LogP contribution in [0, 0.1) is 0 Å². The van der Waals surface area contributed by atoms with Gasteiger partial charge in [0.2, 0.25) is 0 Å². The summed E-state index contributed by atoms with van der Waals surface area (Å²) in [6.07, 6.45) is 1.96. The van der Waals surface area contributed by atoms with Crippen LogP contribution in [-0.4, -0.2) is 35.1 Å². The Morgan fingerprint density at radius 1 is 0.485 bits per heavy atom. The van der Waals surface area contributed by atoms with Gasteiger partial charge in [0.25, 0.3) is 0 Å². The average molecular weight is 469 g/mol. The van der Waals surface area contributed by atoms with Gasteiger partial charge in [0.05, 0.1) is 35.1 Å².